The number of benzene rings is 1. The van der Waals surface area contributed by atoms with Crippen LogP contribution in [0.1, 0.15) is 0 Å². The lowest BCUT2D eigenvalue weighted by atomic mass is 10.2. The molecule has 0 unspecified atom stereocenters. The summed E-state index contributed by atoms with van der Waals surface area (Å²) in [6.45, 7) is 0.640. The van der Waals surface area contributed by atoms with E-state index in [1.54, 1.807) is 24.1 Å². The maximum Gasteiger partial charge on any atom is 0.242 e. The topological polar surface area (TPSA) is 67.6 Å². The molecule has 5 heteroatoms. The zero-order valence-corrected chi connectivity index (χ0v) is 10.4. The minimum Gasteiger partial charge on any atom is -0.395 e. The van der Waals surface area contributed by atoms with Gasteiger partial charge in [-0.2, -0.15) is 5.26 Å². The highest BCUT2D eigenvalue weighted by molar-refractivity contribution is 5.95. The molecule has 0 saturated heterocycles. The second kappa shape index (κ2) is 7.43. The SMILES string of the molecule is CN(CCO)CC(=O)N(CC#N)c1ccccc1. The third-order valence-electron chi connectivity index (χ3n) is 2.48. The summed E-state index contributed by atoms with van der Waals surface area (Å²) in [5.41, 5.74) is 0.710. The molecule has 1 aromatic carbocycles. The van der Waals surface area contributed by atoms with Gasteiger partial charge >= 0.3 is 0 Å². The Morgan fingerprint density at radius 1 is 1.39 bits per heavy atom. The third-order valence-corrected chi connectivity index (χ3v) is 2.48. The van der Waals surface area contributed by atoms with Gasteiger partial charge in [-0.15, -0.1) is 0 Å². The van der Waals surface area contributed by atoms with Gasteiger partial charge < -0.3 is 5.11 Å². The lowest BCUT2D eigenvalue weighted by Crippen LogP contribution is -2.40. The van der Waals surface area contributed by atoms with E-state index in [2.05, 4.69) is 0 Å². The van der Waals surface area contributed by atoms with Crippen molar-refractivity contribution in [2.75, 3.05) is 38.2 Å². The minimum atomic E-state index is -0.154. The molecule has 1 aromatic rings. The molecule has 96 valence electrons. The van der Waals surface area contributed by atoms with Gasteiger partial charge in [-0.25, -0.2) is 0 Å². The van der Waals surface area contributed by atoms with Gasteiger partial charge in [-0.3, -0.25) is 14.6 Å². The highest BCUT2D eigenvalue weighted by Crippen LogP contribution is 2.13. The number of para-hydroxylation sites is 1. The van der Waals surface area contributed by atoms with Crippen LogP contribution in [-0.4, -0.2) is 49.2 Å². The Labute approximate surface area is 107 Å². The second-order valence-electron chi connectivity index (χ2n) is 3.93. The van der Waals surface area contributed by atoms with E-state index in [1.165, 1.54) is 4.90 Å². The summed E-state index contributed by atoms with van der Waals surface area (Å²) in [5.74, 6) is -0.154. The van der Waals surface area contributed by atoms with Crippen LogP contribution in [-0.2, 0) is 4.79 Å². The number of amides is 1. The van der Waals surface area contributed by atoms with Crippen LogP contribution in [0.4, 0.5) is 5.69 Å². The number of rotatable bonds is 6. The molecule has 0 aliphatic carbocycles. The van der Waals surface area contributed by atoms with Crippen LogP contribution in [0.15, 0.2) is 30.3 Å². The Morgan fingerprint density at radius 3 is 2.61 bits per heavy atom. The number of hydrogen-bond donors (Lipinski definition) is 1. The molecule has 0 saturated carbocycles. The lowest BCUT2D eigenvalue weighted by molar-refractivity contribution is -0.119. The zero-order valence-electron chi connectivity index (χ0n) is 10.4. The monoisotopic (exact) mass is 247 g/mol. The van der Waals surface area contributed by atoms with E-state index in [9.17, 15) is 4.79 Å². The van der Waals surface area contributed by atoms with E-state index in [0.717, 1.165) is 0 Å². The number of nitriles is 1. The van der Waals surface area contributed by atoms with Gasteiger partial charge in [0.05, 0.1) is 19.2 Å². The first-order valence-electron chi connectivity index (χ1n) is 5.70. The second-order valence-corrected chi connectivity index (χ2v) is 3.93. The van der Waals surface area contributed by atoms with E-state index in [4.69, 9.17) is 10.4 Å². The van der Waals surface area contributed by atoms with Crippen molar-refractivity contribution in [3.63, 3.8) is 0 Å². The average Bonchev–Trinajstić information content (AvgIpc) is 2.37. The smallest absolute Gasteiger partial charge is 0.242 e. The van der Waals surface area contributed by atoms with Crippen molar-refractivity contribution < 1.29 is 9.90 Å². The first kappa shape index (κ1) is 14.2. The molecule has 1 amide bonds. The summed E-state index contributed by atoms with van der Waals surface area (Å²) < 4.78 is 0. The molecule has 1 rings (SSSR count). The molecule has 0 bridgehead atoms. The minimum absolute atomic E-state index is 0.00731. The predicted molar refractivity (Wildman–Crippen MR) is 69.0 cm³/mol. The molecular weight excluding hydrogens is 230 g/mol. The maximum atomic E-state index is 12.1. The van der Waals surface area contributed by atoms with Gasteiger partial charge in [0.1, 0.15) is 6.54 Å². The first-order valence-corrected chi connectivity index (χ1v) is 5.70. The largest absolute Gasteiger partial charge is 0.395 e. The highest BCUT2D eigenvalue weighted by Gasteiger charge is 2.16. The summed E-state index contributed by atoms with van der Waals surface area (Å²) >= 11 is 0. The molecule has 0 radical (unpaired) electrons. The fourth-order valence-electron chi connectivity index (χ4n) is 1.57. The highest BCUT2D eigenvalue weighted by atomic mass is 16.3. The average molecular weight is 247 g/mol. The number of hydrogen-bond acceptors (Lipinski definition) is 4. The van der Waals surface area contributed by atoms with Gasteiger partial charge in [-0.05, 0) is 19.2 Å². The molecule has 0 aliphatic heterocycles. The molecule has 0 heterocycles. The third kappa shape index (κ3) is 4.17. The number of anilines is 1. The molecular formula is C13H17N3O2. The van der Waals surface area contributed by atoms with Crippen molar-refractivity contribution in [3.05, 3.63) is 30.3 Å². The Kier molecular flexibility index (Phi) is 5.85. The van der Waals surface area contributed by atoms with Crippen molar-refractivity contribution in [1.29, 1.82) is 5.26 Å². The predicted octanol–water partition coefficient (Wildman–Crippen LogP) is 0.467. The van der Waals surface area contributed by atoms with Crippen molar-refractivity contribution in [1.82, 2.24) is 4.90 Å². The number of aliphatic hydroxyl groups excluding tert-OH is 1. The number of nitrogens with zero attached hydrogens (tertiary/aromatic N) is 3. The summed E-state index contributed by atoms with van der Waals surface area (Å²) in [6, 6.07) is 11.1. The van der Waals surface area contributed by atoms with Crippen molar-refractivity contribution in [2.24, 2.45) is 0 Å². The van der Waals surface area contributed by atoms with Gasteiger partial charge in [0.25, 0.3) is 0 Å². The lowest BCUT2D eigenvalue weighted by Gasteiger charge is -2.23. The molecule has 18 heavy (non-hydrogen) atoms. The van der Waals surface area contributed by atoms with Crippen LogP contribution in [0.3, 0.4) is 0 Å². The van der Waals surface area contributed by atoms with Crippen LogP contribution >= 0.6 is 0 Å². The Hall–Kier alpha value is -1.90. The van der Waals surface area contributed by atoms with Gasteiger partial charge in [0.2, 0.25) is 5.91 Å². The van der Waals surface area contributed by atoms with Gasteiger partial charge in [-0.1, -0.05) is 18.2 Å². The van der Waals surface area contributed by atoms with E-state index < -0.39 is 0 Å². The molecule has 0 spiro atoms. The number of aliphatic hydroxyl groups is 1. The summed E-state index contributed by atoms with van der Waals surface area (Å²) in [7, 11) is 1.75. The number of carbonyl (C=O) groups is 1. The standard InChI is InChI=1S/C13H17N3O2/c1-15(9-10-17)11-13(18)16(8-7-14)12-5-3-2-4-6-12/h2-6,17H,8-11H2,1H3. The van der Waals surface area contributed by atoms with Gasteiger partial charge in [0, 0.05) is 12.2 Å². The first-order chi connectivity index (χ1) is 8.69. The normalized spacial score (nSPS) is 10.1. The van der Waals surface area contributed by atoms with E-state index in [-0.39, 0.29) is 25.6 Å². The van der Waals surface area contributed by atoms with Crippen molar-refractivity contribution in [3.8, 4) is 6.07 Å². The Bertz CT molecular complexity index is 414. The Morgan fingerprint density at radius 2 is 2.06 bits per heavy atom. The van der Waals surface area contributed by atoms with Gasteiger partial charge in [0.15, 0.2) is 0 Å². The fraction of sp³-hybridized carbons (Fsp3) is 0.385. The van der Waals surface area contributed by atoms with E-state index in [0.29, 0.717) is 12.2 Å². The van der Waals surface area contributed by atoms with Crippen LogP contribution in [0.5, 0.6) is 0 Å². The number of carbonyl (C=O) groups excluding carboxylic acids is 1. The molecule has 0 aliphatic rings. The summed E-state index contributed by atoms with van der Waals surface area (Å²) in [6.07, 6.45) is 0. The van der Waals surface area contributed by atoms with Crippen LogP contribution in [0.2, 0.25) is 0 Å². The maximum absolute atomic E-state index is 12.1. The van der Waals surface area contributed by atoms with Crippen molar-refractivity contribution in [2.45, 2.75) is 0 Å². The van der Waals surface area contributed by atoms with E-state index >= 15 is 0 Å². The quantitative estimate of drug-likeness (QED) is 0.742. The molecule has 1 N–H and O–H groups in total. The zero-order chi connectivity index (χ0) is 13.4. The summed E-state index contributed by atoms with van der Waals surface area (Å²) in [4.78, 5) is 15.2. The van der Waals surface area contributed by atoms with Crippen LogP contribution < -0.4 is 4.90 Å². The van der Waals surface area contributed by atoms with E-state index in [1.807, 2.05) is 24.3 Å². The number of likely N-dealkylation sites (N-methyl/N-ethyl adjacent to an activating group) is 1. The summed E-state index contributed by atoms with van der Waals surface area (Å²) in [5, 5.41) is 17.6. The molecule has 0 aromatic heterocycles. The molecule has 0 atom stereocenters. The van der Waals surface area contributed by atoms with Crippen LogP contribution in [0, 0.1) is 11.3 Å². The fourth-order valence-corrected chi connectivity index (χ4v) is 1.57. The van der Waals surface area contributed by atoms with Crippen LogP contribution in [0.25, 0.3) is 0 Å². The molecule has 5 nitrogen and oxygen atoms in total. The Balaban J connectivity index is 2.74. The van der Waals surface area contributed by atoms with Crippen molar-refractivity contribution >= 4 is 11.6 Å². The molecule has 0 fully saturated rings.